The van der Waals surface area contributed by atoms with Gasteiger partial charge in [0.25, 0.3) is 0 Å². The first kappa shape index (κ1) is 7.60. The second-order valence-corrected chi connectivity index (χ2v) is 4.42. The number of hydrogen-bond acceptors (Lipinski definition) is 1. The predicted octanol–water partition coefficient (Wildman–Crippen LogP) is 2.46. The molecule has 64 valence electrons. The number of rotatable bonds is 0. The first-order valence-corrected chi connectivity index (χ1v) is 4.92. The fourth-order valence-electron chi connectivity index (χ4n) is 2.65. The molecule has 0 N–H and O–H groups in total. The van der Waals surface area contributed by atoms with Gasteiger partial charge in [0.1, 0.15) is 0 Å². The lowest BCUT2D eigenvalue weighted by Crippen LogP contribution is -2.16. The third kappa shape index (κ3) is 1.76. The van der Waals surface area contributed by atoms with Gasteiger partial charge in [-0.15, -0.1) is 0 Å². The summed E-state index contributed by atoms with van der Waals surface area (Å²) in [6, 6.07) is 0. The summed E-state index contributed by atoms with van der Waals surface area (Å²) in [5.41, 5.74) is 0. The Kier molecular flexibility index (Phi) is 2.17. The third-order valence-corrected chi connectivity index (χ3v) is 3.16. The van der Waals surface area contributed by atoms with E-state index in [1.807, 2.05) is 0 Å². The minimum Gasteiger partial charge on any atom is -0.381 e. The fraction of sp³-hybridized carbons (Fsp3) is 1.00. The van der Waals surface area contributed by atoms with Crippen LogP contribution in [-0.2, 0) is 4.74 Å². The van der Waals surface area contributed by atoms with Gasteiger partial charge >= 0.3 is 0 Å². The quantitative estimate of drug-likeness (QED) is 0.521. The lowest BCUT2D eigenvalue weighted by molar-refractivity contribution is 0.0653. The van der Waals surface area contributed by atoms with E-state index in [4.69, 9.17) is 4.74 Å². The van der Waals surface area contributed by atoms with Gasteiger partial charge in [0, 0.05) is 13.2 Å². The SMILES string of the molecule is CC1CC2CCC(COC2)C1. The van der Waals surface area contributed by atoms with Gasteiger partial charge < -0.3 is 4.74 Å². The average Bonchev–Trinajstić information content (AvgIpc) is 2.19. The van der Waals surface area contributed by atoms with E-state index in [2.05, 4.69) is 6.92 Å². The molecule has 2 bridgehead atoms. The molecule has 1 saturated carbocycles. The molecule has 1 saturated heterocycles. The monoisotopic (exact) mass is 154 g/mol. The van der Waals surface area contributed by atoms with Gasteiger partial charge in [0.05, 0.1) is 0 Å². The summed E-state index contributed by atoms with van der Waals surface area (Å²) in [5, 5.41) is 0. The molecular weight excluding hydrogens is 136 g/mol. The van der Waals surface area contributed by atoms with E-state index in [0.717, 1.165) is 31.0 Å². The van der Waals surface area contributed by atoms with E-state index in [-0.39, 0.29) is 0 Å². The van der Waals surface area contributed by atoms with Crippen LogP contribution in [0.5, 0.6) is 0 Å². The summed E-state index contributed by atoms with van der Waals surface area (Å²) in [7, 11) is 0. The molecule has 0 radical (unpaired) electrons. The maximum Gasteiger partial charge on any atom is 0.0494 e. The van der Waals surface area contributed by atoms with Crippen molar-refractivity contribution in [2.45, 2.75) is 32.6 Å². The summed E-state index contributed by atoms with van der Waals surface area (Å²) < 4.78 is 5.61. The number of fused-ring (bicyclic) bond motifs is 3. The summed E-state index contributed by atoms with van der Waals surface area (Å²) in [6.45, 7) is 4.48. The molecule has 11 heavy (non-hydrogen) atoms. The average molecular weight is 154 g/mol. The molecule has 0 amide bonds. The van der Waals surface area contributed by atoms with E-state index in [9.17, 15) is 0 Å². The molecule has 0 aromatic heterocycles. The van der Waals surface area contributed by atoms with E-state index in [1.54, 1.807) is 0 Å². The van der Waals surface area contributed by atoms with Crippen molar-refractivity contribution < 1.29 is 4.74 Å². The molecule has 2 fully saturated rings. The largest absolute Gasteiger partial charge is 0.381 e. The molecule has 0 spiro atoms. The summed E-state index contributed by atoms with van der Waals surface area (Å²) in [4.78, 5) is 0. The molecule has 1 aliphatic carbocycles. The standard InChI is InChI=1S/C10H18O/c1-8-4-9-2-3-10(5-8)7-11-6-9/h8-10H,2-7H2,1H3. The van der Waals surface area contributed by atoms with Crippen LogP contribution in [0.1, 0.15) is 32.6 Å². The molecule has 0 aromatic carbocycles. The molecule has 2 atom stereocenters. The first-order chi connectivity index (χ1) is 5.34. The maximum atomic E-state index is 5.61. The maximum absolute atomic E-state index is 5.61. The van der Waals surface area contributed by atoms with Crippen molar-refractivity contribution in [1.29, 1.82) is 0 Å². The van der Waals surface area contributed by atoms with Gasteiger partial charge in [-0.3, -0.25) is 0 Å². The van der Waals surface area contributed by atoms with Crippen LogP contribution in [0.2, 0.25) is 0 Å². The molecule has 1 heteroatoms. The molecule has 1 heterocycles. The Hall–Kier alpha value is -0.0400. The molecule has 1 aliphatic heterocycles. The van der Waals surface area contributed by atoms with Crippen molar-refractivity contribution >= 4 is 0 Å². The zero-order chi connectivity index (χ0) is 7.68. The van der Waals surface area contributed by atoms with Gasteiger partial charge in [-0.05, 0) is 43.4 Å². The highest BCUT2D eigenvalue weighted by Gasteiger charge is 2.26. The Morgan fingerprint density at radius 2 is 1.55 bits per heavy atom. The highest BCUT2D eigenvalue weighted by atomic mass is 16.5. The van der Waals surface area contributed by atoms with E-state index in [1.165, 1.54) is 25.7 Å². The normalized spacial score (nSPS) is 45.0. The van der Waals surface area contributed by atoms with Crippen LogP contribution >= 0.6 is 0 Å². The lowest BCUT2D eigenvalue weighted by Gasteiger charge is -2.21. The zero-order valence-electron chi connectivity index (χ0n) is 7.38. The Balaban J connectivity index is 2.04. The van der Waals surface area contributed by atoms with Crippen LogP contribution < -0.4 is 0 Å². The fourth-order valence-corrected chi connectivity index (χ4v) is 2.65. The summed E-state index contributed by atoms with van der Waals surface area (Å²) in [6.07, 6.45) is 5.68. The molecule has 2 unspecified atom stereocenters. The van der Waals surface area contributed by atoms with Crippen molar-refractivity contribution in [3.05, 3.63) is 0 Å². The highest BCUT2D eigenvalue weighted by Crippen LogP contribution is 2.34. The van der Waals surface area contributed by atoms with Gasteiger partial charge in [-0.25, -0.2) is 0 Å². The van der Waals surface area contributed by atoms with Crippen molar-refractivity contribution in [2.24, 2.45) is 17.8 Å². The van der Waals surface area contributed by atoms with E-state index >= 15 is 0 Å². The van der Waals surface area contributed by atoms with Crippen LogP contribution in [0.4, 0.5) is 0 Å². The van der Waals surface area contributed by atoms with Crippen LogP contribution in [0.3, 0.4) is 0 Å². The molecule has 2 aliphatic rings. The van der Waals surface area contributed by atoms with Crippen LogP contribution in [0.25, 0.3) is 0 Å². The summed E-state index contributed by atoms with van der Waals surface area (Å²) >= 11 is 0. The number of hydrogen-bond donors (Lipinski definition) is 0. The molecule has 0 aromatic rings. The van der Waals surface area contributed by atoms with Gasteiger partial charge in [0.15, 0.2) is 0 Å². The van der Waals surface area contributed by atoms with Crippen molar-refractivity contribution in [3.8, 4) is 0 Å². The zero-order valence-corrected chi connectivity index (χ0v) is 7.38. The van der Waals surface area contributed by atoms with Crippen molar-refractivity contribution in [3.63, 3.8) is 0 Å². The smallest absolute Gasteiger partial charge is 0.0494 e. The Morgan fingerprint density at radius 3 is 2.09 bits per heavy atom. The second-order valence-electron chi connectivity index (χ2n) is 4.42. The first-order valence-electron chi connectivity index (χ1n) is 4.92. The highest BCUT2D eigenvalue weighted by molar-refractivity contribution is 4.76. The third-order valence-electron chi connectivity index (χ3n) is 3.16. The van der Waals surface area contributed by atoms with Crippen LogP contribution in [-0.4, -0.2) is 13.2 Å². The van der Waals surface area contributed by atoms with Crippen LogP contribution in [0, 0.1) is 17.8 Å². The molecular formula is C10H18O. The Bertz CT molecular complexity index is 119. The van der Waals surface area contributed by atoms with Crippen LogP contribution in [0.15, 0.2) is 0 Å². The van der Waals surface area contributed by atoms with Crippen molar-refractivity contribution in [1.82, 2.24) is 0 Å². The number of ether oxygens (including phenoxy) is 1. The molecule has 2 rings (SSSR count). The Morgan fingerprint density at radius 1 is 1.00 bits per heavy atom. The Labute approximate surface area is 69.1 Å². The minimum atomic E-state index is 0.887. The van der Waals surface area contributed by atoms with Gasteiger partial charge in [-0.2, -0.15) is 0 Å². The van der Waals surface area contributed by atoms with E-state index in [0.29, 0.717) is 0 Å². The van der Waals surface area contributed by atoms with Gasteiger partial charge in [-0.1, -0.05) is 6.92 Å². The lowest BCUT2D eigenvalue weighted by atomic mass is 9.93. The van der Waals surface area contributed by atoms with Crippen molar-refractivity contribution in [2.75, 3.05) is 13.2 Å². The minimum absolute atomic E-state index is 0.887. The second kappa shape index (κ2) is 3.14. The van der Waals surface area contributed by atoms with E-state index < -0.39 is 0 Å². The topological polar surface area (TPSA) is 9.23 Å². The predicted molar refractivity (Wildman–Crippen MR) is 45.4 cm³/mol. The summed E-state index contributed by atoms with van der Waals surface area (Å²) in [5.74, 6) is 2.73. The molecule has 1 nitrogen and oxygen atoms in total. The van der Waals surface area contributed by atoms with Gasteiger partial charge in [0.2, 0.25) is 0 Å².